The number of nitrogens with one attached hydrogen (secondary N) is 1. The summed E-state index contributed by atoms with van der Waals surface area (Å²) in [4.78, 5) is 13.6. The van der Waals surface area contributed by atoms with Crippen LogP contribution in [-0.4, -0.2) is 26.1 Å². The number of nitrogens with zero attached hydrogens (tertiary/aromatic N) is 4. The second-order valence-electron chi connectivity index (χ2n) is 6.98. The maximum atomic E-state index is 12.5. The molecule has 1 amide bonds. The maximum absolute atomic E-state index is 12.5. The van der Waals surface area contributed by atoms with Crippen LogP contribution in [0.5, 0.6) is 0 Å². The molecule has 2 aromatic carbocycles. The van der Waals surface area contributed by atoms with Gasteiger partial charge in [0.15, 0.2) is 5.82 Å². The zero-order chi connectivity index (χ0) is 19.2. The summed E-state index contributed by atoms with van der Waals surface area (Å²) in [5.41, 5.74) is 1.79. The number of anilines is 1. The predicted molar refractivity (Wildman–Crippen MR) is 110 cm³/mol. The van der Waals surface area contributed by atoms with Crippen LogP contribution in [0.25, 0.3) is 5.69 Å². The molecule has 0 radical (unpaired) electrons. The zero-order valence-corrected chi connectivity index (χ0v) is 16.4. The molecule has 7 heteroatoms. The molecule has 28 heavy (non-hydrogen) atoms. The number of tetrazole rings is 1. The van der Waals surface area contributed by atoms with Crippen LogP contribution in [0.3, 0.4) is 0 Å². The monoisotopic (exact) mass is 393 g/mol. The minimum atomic E-state index is 0.148. The molecule has 0 spiro atoms. The quantitative estimate of drug-likeness (QED) is 0.626. The third-order valence-electron chi connectivity index (χ3n) is 4.98. The highest BCUT2D eigenvalue weighted by Crippen LogP contribution is 2.27. The minimum Gasteiger partial charge on any atom is -0.326 e. The Hall–Kier alpha value is -2.67. The summed E-state index contributed by atoms with van der Waals surface area (Å²) in [5.74, 6) is 1.73. The first-order valence-electron chi connectivity index (χ1n) is 9.66. The Balaban J connectivity index is 1.39. The topological polar surface area (TPSA) is 72.7 Å². The summed E-state index contributed by atoms with van der Waals surface area (Å²) < 4.78 is 1.75. The highest BCUT2D eigenvalue weighted by molar-refractivity contribution is 7.98. The molecule has 4 rings (SSSR count). The number of rotatable bonds is 6. The van der Waals surface area contributed by atoms with Crippen LogP contribution in [0.2, 0.25) is 0 Å². The van der Waals surface area contributed by atoms with E-state index in [2.05, 4.69) is 20.8 Å². The maximum Gasteiger partial charge on any atom is 0.227 e. The summed E-state index contributed by atoms with van der Waals surface area (Å²) in [6, 6.07) is 17.8. The van der Waals surface area contributed by atoms with Gasteiger partial charge in [-0.2, -0.15) is 4.68 Å². The Morgan fingerprint density at radius 3 is 2.71 bits per heavy atom. The van der Waals surface area contributed by atoms with Gasteiger partial charge < -0.3 is 5.32 Å². The van der Waals surface area contributed by atoms with Crippen LogP contribution in [-0.2, 0) is 10.5 Å². The van der Waals surface area contributed by atoms with Gasteiger partial charge in [-0.05, 0) is 53.6 Å². The number of thioether (sulfide) groups is 1. The van der Waals surface area contributed by atoms with Gasteiger partial charge in [-0.3, -0.25) is 4.79 Å². The molecule has 0 bridgehead atoms. The van der Waals surface area contributed by atoms with Crippen molar-refractivity contribution in [2.24, 2.45) is 5.92 Å². The molecule has 1 saturated carbocycles. The van der Waals surface area contributed by atoms with Crippen molar-refractivity contribution in [3.05, 3.63) is 60.4 Å². The molecular weight excluding hydrogens is 370 g/mol. The molecule has 1 aliphatic carbocycles. The summed E-state index contributed by atoms with van der Waals surface area (Å²) in [7, 11) is 0. The summed E-state index contributed by atoms with van der Waals surface area (Å²) in [6.45, 7) is 0. The van der Waals surface area contributed by atoms with Crippen LogP contribution in [0, 0.1) is 5.92 Å². The Bertz CT molecular complexity index is 921. The Morgan fingerprint density at radius 2 is 1.89 bits per heavy atom. The fraction of sp³-hybridized carbons (Fsp3) is 0.333. The van der Waals surface area contributed by atoms with E-state index in [0.29, 0.717) is 5.75 Å². The SMILES string of the molecule is O=C(Nc1cccc(SCc2nnnn2-c2ccccc2)c1)C1CCCCC1. The van der Waals surface area contributed by atoms with Crippen molar-refractivity contribution in [3.8, 4) is 5.69 Å². The van der Waals surface area contributed by atoms with Crippen molar-refractivity contribution in [2.75, 3.05) is 5.32 Å². The van der Waals surface area contributed by atoms with Gasteiger partial charge in [-0.15, -0.1) is 16.9 Å². The first kappa shape index (κ1) is 18.7. The van der Waals surface area contributed by atoms with Gasteiger partial charge in [0.2, 0.25) is 5.91 Å². The number of carbonyl (C=O) groups excluding carboxylic acids is 1. The zero-order valence-electron chi connectivity index (χ0n) is 15.6. The third kappa shape index (κ3) is 4.59. The van der Waals surface area contributed by atoms with Crippen molar-refractivity contribution in [1.82, 2.24) is 20.2 Å². The van der Waals surface area contributed by atoms with Crippen LogP contribution in [0.15, 0.2) is 59.5 Å². The van der Waals surface area contributed by atoms with E-state index >= 15 is 0 Å². The highest BCUT2D eigenvalue weighted by Gasteiger charge is 2.21. The average molecular weight is 394 g/mol. The number of hydrogen-bond donors (Lipinski definition) is 1. The first-order chi connectivity index (χ1) is 13.8. The van der Waals surface area contributed by atoms with Crippen molar-refractivity contribution >= 4 is 23.4 Å². The van der Waals surface area contributed by atoms with Crippen LogP contribution in [0.4, 0.5) is 5.69 Å². The van der Waals surface area contributed by atoms with Crippen molar-refractivity contribution in [3.63, 3.8) is 0 Å². The molecule has 1 N–H and O–H groups in total. The molecule has 0 atom stereocenters. The first-order valence-corrected chi connectivity index (χ1v) is 10.6. The smallest absolute Gasteiger partial charge is 0.227 e. The van der Waals surface area contributed by atoms with Gasteiger partial charge in [0.05, 0.1) is 11.4 Å². The van der Waals surface area contributed by atoms with E-state index in [4.69, 9.17) is 0 Å². The molecule has 1 aliphatic rings. The molecule has 0 saturated heterocycles. The number of amides is 1. The van der Waals surface area contributed by atoms with Crippen LogP contribution < -0.4 is 5.32 Å². The third-order valence-corrected chi connectivity index (χ3v) is 5.97. The number of benzene rings is 2. The van der Waals surface area contributed by atoms with E-state index in [-0.39, 0.29) is 11.8 Å². The predicted octanol–water partition coefficient (Wildman–Crippen LogP) is 4.47. The van der Waals surface area contributed by atoms with Gasteiger partial charge >= 0.3 is 0 Å². The lowest BCUT2D eigenvalue weighted by Gasteiger charge is -2.20. The molecule has 1 heterocycles. The van der Waals surface area contributed by atoms with E-state index in [9.17, 15) is 4.79 Å². The molecule has 1 fully saturated rings. The second-order valence-corrected chi connectivity index (χ2v) is 8.03. The standard InChI is InChI=1S/C21H23N5OS/c27-21(16-8-3-1-4-9-16)22-17-10-7-13-19(14-17)28-15-20-23-24-25-26(20)18-11-5-2-6-12-18/h2,5-7,10-14,16H,1,3-4,8-9,15H2,(H,22,27). The number of aromatic nitrogens is 4. The van der Waals surface area contributed by atoms with Crippen molar-refractivity contribution in [1.29, 1.82) is 0 Å². The molecule has 144 valence electrons. The molecule has 0 aliphatic heterocycles. The molecule has 0 unspecified atom stereocenters. The Morgan fingerprint density at radius 1 is 1.07 bits per heavy atom. The van der Waals surface area contributed by atoms with E-state index in [0.717, 1.165) is 47.8 Å². The van der Waals surface area contributed by atoms with Crippen LogP contribution >= 0.6 is 11.8 Å². The highest BCUT2D eigenvalue weighted by atomic mass is 32.2. The number of carbonyl (C=O) groups is 1. The van der Waals surface area contributed by atoms with Gasteiger partial charge in [0.1, 0.15) is 0 Å². The second kappa shape index (κ2) is 9.01. The van der Waals surface area contributed by atoms with Crippen LogP contribution in [0.1, 0.15) is 37.9 Å². The fourth-order valence-corrected chi connectivity index (χ4v) is 4.35. The molecular formula is C21H23N5OS. The average Bonchev–Trinajstić information content (AvgIpc) is 3.22. The molecule has 1 aromatic heterocycles. The van der Waals surface area contributed by atoms with E-state index in [1.165, 1.54) is 6.42 Å². The fourth-order valence-electron chi connectivity index (χ4n) is 3.49. The van der Waals surface area contributed by atoms with Gasteiger partial charge in [-0.1, -0.05) is 43.5 Å². The normalized spacial score (nSPS) is 14.7. The largest absolute Gasteiger partial charge is 0.326 e. The van der Waals surface area contributed by atoms with Gasteiger partial charge in [0, 0.05) is 16.5 Å². The summed E-state index contributed by atoms with van der Waals surface area (Å²) >= 11 is 1.65. The lowest BCUT2D eigenvalue weighted by molar-refractivity contribution is -0.120. The van der Waals surface area contributed by atoms with E-state index in [1.807, 2.05) is 54.6 Å². The Kier molecular flexibility index (Phi) is 6.01. The summed E-state index contributed by atoms with van der Waals surface area (Å²) in [5, 5.41) is 15.1. The lowest BCUT2D eigenvalue weighted by atomic mass is 9.88. The number of hydrogen-bond acceptors (Lipinski definition) is 5. The van der Waals surface area contributed by atoms with Gasteiger partial charge in [0.25, 0.3) is 0 Å². The molecule has 3 aromatic rings. The van der Waals surface area contributed by atoms with E-state index in [1.54, 1.807) is 16.4 Å². The number of para-hydroxylation sites is 1. The molecule has 6 nitrogen and oxygen atoms in total. The Labute approximate surface area is 168 Å². The van der Waals surface area contributed by atoms with E-state index < -0.39 is 0 Å². The van der Waals surface area contributed by atoms with Gasteiger partial charge in [-0.25, -0.2) is 0 Å². The minimum absolute atomic E-state index is 0.148. The van der Waals surface area contributed by atoms with Crippen molar-refractivity contribution < 1.29 is 4.79 Å². The summed E-state index contributed by atoms with van der Waals surface area (Å²) in [6.07, 6.45) is 5.57. The van der Waals surface area contributed by atoms with Crippen molar-refractivity contribution in [2.45, 2.75) is 42.8 Å². The lowest BCUT2D eigenvalue weighted by Crippen LogP contribution is -2.24.